The van der Waals surface area contributed by atoms with Gasteiger partial charge in [-0.15, -0.1) is 0 Å². The first-order valence-electron chi connectivity index (χ1n) is 4.23. The van der Waals surface area contributed by atoms with Gasteiger partial charge in [-0.25, -0.2) is 0 Å². The van der Waals surface area contributed by atoms with Crippen LogP contribution in [0.4, 0.5) is 0 Å². The van der Waals surface area contributed by atoms with Crippen molar-refractivity contribution in [2.45, 2.75) is 25.6 Å². The smallest absolute Gasteiger partial charge is 1.00 e. The van der Waals surface area contributed by atoms with Crippen LogP contribution in [0.1, 0.15) is 20.3 Å². The maximum atomic E-state index is 2.26. The molecule has 0 aliphatic heterocycles. The molecule has 58 valence electrons. The summed E-state index contributed by atoms with van der Waals surface area (Å²) in [5.41, 5.74) is 1.47. The van der Waals surface area contributed by atoms with E-state index in [-0.39, 0.29) is 1.43 Å². The van der Waals surface area contributed by atoms with E-state index in [0.717, 1.165) is 0 Å². The summed E-state index contributed by atoms with van der Waals surface area (Å²) >= 11 is 0.531. The Morgan fingerprint density at radius 1 is 1.36 bits per heavy atom. The van der Waals surface area contributed by atoms with Crippen LogP contribution in [-0.4, -0.2) is 15.2 Å². The van der Waals surface area contributed by atoms with E-state index in [2.05, 4.69) is 38.1 Å². The Labute approximate surface area is 76.8 Å². The van der Waals surface area contributed by atoms with Crippen molar-refractivity contribution in [2.75, 3.05) is 0 Å². The average Bonchev–Trinajstić information content (AvgIpc) is 2.03. The molecule has 0 spiro atoms. The molecule has 0 aliphatic carbocycles. The Bertz CT molecular complexity index is 223. The molecule has 0 nitrogen and oxygen atoms in total. The minimum atomic E-state index is 0. The van der Waals surface area contributed by atoms with Crippen LogP contribution in [-0.2, 0) is 0 Å². The van der Waals surface area contributed by atoms with Crippen molar-refractivity contribution in [1.82, 2.24) is 0 Å². The van der Waals surface area contributed by atoms with Crippen LogP contribution in [0.15, 0.2) is 24.3 Å². The fourth-order valence-corrected chi connectivity index (χ4v) is 2.38. The number of hydrogen-bond acceptors (Lipinski definition) is 0. The third-order valence-corrected chi connectivity index (χ3v) is 3.80. The van der Waals surface area contributed by atoms with Crippen molar-refractivity contribution < 1.29 is 1.43 Å². The Hall–Kier alpha value is -0.248. The molecule has 0 radical (unpaired) electrons. The largest absolute Gasteiger partial charge is 1.00 e. The molecule has 0 fully saturated rings. The summed E-state index contributed by atoms with van der Waals surface area (Å²) in [5, 5.41) is 1.39. The molecule has 0 heterocycles. The number of benzene rings is 1. The molecule has 0 amide bonds. The van der Waals surface area contributed by atoms with Crippen molar-refractivity contribution in [2.24, 2.45) is 0 Å². The average molecular weight is 162 g/mol. The van der Waals surface area contributed by atoms with E-state index in [1.807, 2.05) is 0 Å². The van der Waals surface area contributed by atoms with E-state index in [4.69, 9.17) is 0 Å². The zero-order valence-corrected chi connectivity index (χ0v) is 8.46. The van der Waals surface area contributed by atoms with Crippen LogP contribution in [0, 0.1) is 6.92 Å². The Morgan fingerprint density at radius 3 is 2.73 bits per heavy atom. The third-order valence-electron chi connectivity index (χ3n) is 1.84. The minimum Gasteiger partial charge on any atom is -1.00 e. The van der Waals surface area contributed by atoms with Crippen molar-refractivity contribution in [3.63, 3.8) is 0 Å². The number of aryl methyl sites for hydroxylation is 1. The van der Waals surface area contributed by atoms with Crippen LogP contribution in [0.3, 0.4) is 0 Å². The van der Waals surface area contributed by atoms with Crippen molar-refractivity contribution in [3.05, 3.63) is 29.8 Å². The van der Waals surface area contributed by atoms with E-state index in [9.17, 15) is 0 Å². The summed E-state index contributed by atoms with van der Waals surface area (Å²) < 4.78 is 1.59. The molecular formula is C10H15Al. The van der Waals surface area contributed by atoms with Gasteiger partial charge in [-0.05, 0) is 0 Å². The van der Waals surface area contributed by atoms with Crippen LogP contribution >= 0.6 is 0 Å². The topological polar surface area (TPSA) is 0 Å². The molecule has 0 unspecified atom stereocenters. The molecule has 1 aromatic rings. The van der Waals surface area contributed by atoms with E-state index in [1.54, 1.807) is 4.43 Å². The molecular weight excluding hydrogens is 147 g/mol. The quantitative estimate of drug-likeness (QED) is 0.598. The second-order valence-corrected chi connectivity index (χ2v) is 4.46. The number of rotatable bonds is 3. The van der Waals surface area contributed by atoms with Crippen LogP contribution < -0.4 is 4.43 Å². The van der Waals surface area contributed by atoms with Gasteiger partial charge in [-0.3, -0.25) is 0 Å². The molecule has 11 heavy (non-hydrogen) atoms. The third kappa shape index (κ3) is 2.69. The van der Waals surface area contributed by atoms with E-state index in [0.29, 0.717) is 15.2 Å². The molecule has 0 saturated heterocycles. The summed E-state index contributed by atoms with van der Waals surface area (Å²) in [6.45, 7) is 4.46. The molecule has 1 aromatic carbocycles. The van der Waals surface area contributed by atoms with E-state index in [1.165, 1.54) is 17.3 Å². The monoisotopic (exact) mass is 162 g/mol. The van der Waals surface area contributed by atoms with Gasteiger partial charge in [0.25, 0.3) is 0 Å². The molecule has 0 aromatic heterocycles. The van der Waals surface area contributed by atoms with Gasteiger partial charge in [0.1, 0.15) is 0 Å². The molecule has 0 N–H and O–H groups in total. The van der Waals surface area contributed by atoms with Crippen LogP contribution in [0.25, 0.3) is 0 Å². The fourth-order valence-electron chi connectivity index (χ4n) is 1.12. The Morgan fingerprint density at radius 2 is 2.09 bits per heavy atom. The van der Waals surface area contributed by atoms with Gasteiger partial charge in [-0.1, -0.05) is 0 Å². The van der Waals surface area contributed by atoms with Gasteiger partial charge in [-0.2, -0.15) is 0 Å². The number of hydrogen-bond donors (Lipinski definition) is 0. The summed E-state index contributed by atoms with van der Waals surface area (Å²) in [7, 11) is 0. The van der Waals surface area contributed by atoms with Crippen LogP contribution in [0.5, 0.6) is 0 Å². The first kappa shape index (κ1) is 8.85. The predicted molar refractivity (Wildman–Crippen MR) is 52.8 cm³/mol. The van der Waals surface area contributed by atoms with Gasteiger partial charge < -0.3 is 1.43 Å². The standard InChI is InChI=1S/C7H7.C3H7.Al.H/c1-7-5-3-2-4-6-7;1-3-2;;/h2-5H,1H3;1,3H2,2H3;;/q;;+1;-1. The zero-order chi connectivity index (χ0) is 8.10. The van der Waals surface area contributed by atoms with Gasteiger partial charge in [0, 0.05) is 0 Å². The Balaban J connectivity index is 0.00000121. The molecule has 0 saturated carbocycles. The Kier molecular flexibility index (Phi) is 3.69. The van der Waals surface area contributed by atoms with Crippen molar-refractivity contribution >= 4 is 19.6 Å². The van der Waals surface area contributed by atoms with Gasteiger partial charge >= 0.3 is 75.0 Å². The summed E-state index contributed by atoms with van der Waals surface area (Å²) in [6.07, 6.45) is 1.32. The summed E-state index contributed by atoms with van der Waals surface area (Å²) in [6, 6.07) is 8.73. The fraction of sp³-hybridized carbons (Fsp3) is 0.400. The maximum absolute atomic E-state index is 2.26. The van der Waals surface area contributed by atoms with Gasteiger partial charge in [0.2, 0.25) is 0 Å². The summed E-state index contributed by atoms with van der Waals surface area (Å²) in [4.78, 5) is 0. The molecule has 1 rings (SSSR count). The molecule has 0 bridgehead atoms. The first-order chi connectivity index (χ1) is 5.34. The van der Waals surface area contributed by atoms with Crippen molar-refractivity contribution in [1.29, 1.82) is 0 Å². The first-order valence-corrected chi connectivity index (χ1v) is 5.63. The maximum Gasteiger partial charge on any atom is -1.00 e. The van der Waals surface area contributed by atoms with Gasteiger partial charge in [0.15, 0.2) is 0 Å². The molecule has 0 aliphatic rings. The minimum absolute atomic E-state index is 0. The SMILES string of the molecule is CC[CH2][Al+][c]1ccccc1C.[H-]. The van der Waals surface area contributed by atoms with E-state index >= 15 is 0 Å². The molecule has 0 atom stereocenters. The summed E-state index contributed by atoms with van der Waals surface area (Å²) in [5.74, 6) is 0. The van der Waals surface area contributed by atoms with Crippen molar-refractivity contribution in [3.8, 4) is 0 Å². The normalized spacial score (nSPS) is 9.27. The zero-order valence-electron chi connectivity index (χ0n) is 8.30. The predicted octanol–water partition coefficient (Wildman–Crippen LogP) is 2.27. The molecule has 1 heteroatoms. The van der Waals surface area contributed by atoms with Crippen LogP contribution in [0.2, 0.25) is 5.28 Å². The second kappa shape index (κ2) is 4.59. The second-order valence-electron chi connectivity index (χ2n) is 2.85. The van der Waals surface area contributed by atoms with E-state index < -0.39 is 0 Å². The van der Waals surface area contributed by atoms with Gasteiger partial charge in [0.05, 0.1) is 0 Å².